The van der Waals surface area contributed by atoms with Crippen molar-refractivity contribution in [1.29, 1.82) is 0 Å². The van der Waals surface area contributed by atoms with Gasteiger partial charge in [-0.1, -0.05) is 6.07 Å². The Morgan fingerprint density at radius 2 is 1.90 bits per heavy atom. The van der Waals surface area contributed by atoms with Crippen molar-refractivity contribution in [3.63, 3.8) is 0 Å². The van der Waals surface area contributed by atoms with Crippen LogP contribution >= 0.6 is 0 Å². The number of amides is 4. The maximum atomic E-state index is 14.0. The SMILES string of the molecule is O=C1CCC(N2C(=O)c3ccc(CNC4CNCCC4(F)F)cc3C2=O)C(=O)N1. The Hall–Kier alpha value is -2.72. The van der Waals surface area contributed by atoms with Crippen molar-refractivity contribution in [2.45, 2.75) is 43.8 Å². The normalized spacial score (nSPS) is 26.5. The Kier molecular flexibility index (Phi) is 4.91. The van der Waals surface area contributed by atoms with E-state index in [0.29, 0.717) is 5.56 Å². The highest BCUT2D eigenvalue weighted by Crippen LogP contribution is 2.29. The van der Waals surface area contributed by atoms with Gasteiger partial charge in [-0.15, -0.1) is 0 Å². The number of benzene rings is 1. The molecule has 0 radical (unpaired) electrons. The molecule has 1 aromatic carbocycles. The minimum atomic E-state index is -2.82. The lowest BCUT2D eigenvalue weighted by molar-refractivity contribution is -0.136. The highest BCUT2D eigenvalue weighted by Gasteiger charge is 2.45. The lowest BCUT2D eigenvalue weighted by Crippen LogP contribution is -2.55. The summed E-state index contributed by atoms with van der Waals surface area (Å²) in [5.74, 6) is -5.15. The summed E-state index contributed by atoms with van der Waals surface area (Å²) in [7, 11) is 0. The monoisotopic (exact) mass is 406 g/mol. The lowest BCUT2D eigenvalue weighted by Gasteiger charge is -2.32. The second-order valence-corrected chi connectivity index (χ2v) is 7.48. The molecule has 0 aromatic heterocycles. The molecule has 0 aliphatic carbocycles. The zero-order valence-electron chi connectivity index (χ0n) is 15.5. The molecule has 0 bridgehead atoms. The standard InChI is InChI=1S/C19H20F2N4O4/c20-19(21)5-6-22-9-14(19)23-8-10-1-2-11-12(7-10)18(29)25(17(11)28)13-3-4-15(26)24-16(13)27/h1-2,7,13-14,22-23H,3-6,8-9H2,(H,24,26,27). The van der Waals surface area contributed by atoms with Gasteiger partial charge in [-0.3, -0.25) is 29.4 Å². The molecule has 8 nitrogen and oxygen atoms in total. The van der Waals surface area contributed by atoms with Crippen LogP contribution in [0.15, 0.2) is 18.2 Å². The third-order valence-corrected chi connectivity index (χ3v) is 5.55. The number of nitrogens with one attached hydrogen (secondary N) is 3. The topological polar surface area (TPSA) is 108 Å². The van der Waals surface area contributed by atoms with E-state index in [1.165, 1.54) is 12.1 Å². The van der Waals surface area contributed by atoms with Gasteiger partial charge >= 0.3 is 0 Å². The Morgan fingerprint density at radius 3 is 2.62 bits per heavy atom. The molecule has 2 unspecified atom stereocenters. The number of fused-ring (bicyclic) bond motifs is 1. The zero-order valence-corrected chi connectivity index (χ0v) is 15.5. The molecule has 3 aliphatic rings. The fourth-order valence-electron chi connectivity index (χ4n) is 3.92. The molecule has 3 N–H and O–H groups in total. The summed E-state index contributed by atoms with van der Waals surface area (Å²) in [6, 6.07) is 2.49. The number of carbonyl (C=O) groups excluding carboxylic acids is 4. The van der Waals surface area contributed by atoms with E-state index < -0.39 is 41.6 Å². The predicted molar refractivity (Wildman–Crippen MR) is 96.2 cm³/mol. The molecule has 154 valence electrons. The van der Waals surface area contributed by atoms with Gasteiger partial charge in [-0.2, -0.15) is 0 Å². The van der Waals surface area contributed by atoms with Crippen molar-refractivity contribution in [2.24, 2.45) is 0 Å². The molecule has 4 rings (SSSR count). The molecular weight excluding hydrogens is 386 g/mol. The summed E-state index contributed by atoms with van der Waals surface area (Å²) in [6.45, 7) is 0.505. The van der Waals surface area contributed by atoms with E-state index in [1.807, 2.05) is 0 Å². The summed E-state index contributed by atoms with van der Waals surface area (Å²) in [6.07, 6.45) is -0.125. The van der Waals surface area contributed by atoms with E-state index in [4.69, 9.17) is 0 Å². The minimum absolute atomic E-state index is 0.0443. The third kappa shape index (κ3) is 3.53. The average molecular weight is 406 g/mol. The number of hydrogen-bond donors (Lipinski definition) is 3. The maximum Gasteiger partial charge on any atom is 0.265 e. The van der Waals surface area contributed by atoms with Crippen molar-refractivity contribution in [3.05, 3.63) is 34.9 Å². The summed E-state index contributed by atoms with van der Waals surface area (Å²) >= 11 is 0. The molecule has 10 heteroatoms. The number of nitrogens with zero attached hydrogens (tertiary/aromatic N) is 1. The molecule has 2 fully saturated rings. The van der Waals surface area contributed by atoms with Gasteiger partial charge in [0, 0.05) is 32.5 Å². The van der Waals surface area contributed by atoms with Gasteiger partial charge in [-0.05, 0) is 24.1 Å². The van der Waals surface area contributed by atoms with Crippen molar-refractivity contribution in [2.75, 3.05) is 13.1 Å². The largest absolute Gasteiger partial charge is 0.315 e. The molecule has 3 aliphatic heterocycles. The van der Waals surface area contributed by atoms with E-state index in [0.717, 1.165) is 4.90 Å². The van der Waals surface area contributed by atoms with E-state index in [9.17, 15) is 28.0 Å². The summed E-state index contributed by atoms with van der Waals surface area (Å²) in [5.41, 5.74) is 0.872. The van der Waals surface area contributed by atoms with E-state index in [-0.39, 0.29) is 50.0 Å². The quantitative estimate of drug-likeness (QED) is 0.616. The first-order valence-electron chi connectivity index (χ1n) is 9.44. The molecule has 0 spiro atoms. The number of halogens is 2. The van der Waals surface area contributed by atoms with Gasteiger partial charge in [0.15, 0.2) is 0 Å². The van der Waals surface area contributed by atoms with Gasteiger partial charge < -0.3 is 10.6 Å². The second-order valence-electron chi connectivity index (χ2n) is 7.48. The van der Waals surface area contributed by atoms with Gasteiger partial charge in [0.05, 0.1) is 17.2 Å². The molecule has 1 aromatic rings. The van der Waals surface area contributed by atoms with E-state index >= 15 is 0 Å². The number of carbonyl (C=O) groups is 4. The smallest absolute Gasteiger partial charge is 0.265 e. The van der Waals surface area contributed by atoms with E-state index in [1.54, 1.807) is 6.07 Å². The van der Waals surface area contributed by atoms with Gasteiger partial charge in [0.2, 0.25) is 11.8 Å². The Balaban J connectivity index is 1.50. The van der Waals surface area contributed by atoms with E-state index in [2.05, 4.69) is 16.0 Å². The Bertz CT molecular complexity index is 904. The fourth-order valence-corrected chi connectivity index (χ4v) is 3.92. The highest BCUT2D eigenvalue weighted by atomic mass is 19.3. The van der Waals surface area contributed by atoms with Crippen molar-refractivity contribution in [3.8, 4) is 0 Å². The molecular formula is C19H20F2N4O4. The molecule has 3 heterocycles. The van der Waals surface area contributed by atoms with Crippen LogP contribution in [0.2, 0.25) is 0 Å². The molecule has 2 atom stereocenters. The number of rotatable bonds is 4. The third-order valence-electron chi connectivity index (χ3n) is 5.55. The molecule has 2 saturated heterocycles. The molecule has 4 amide bonds. The van der Waals surface area contributed by atoms with Crippen molar-refractivity contribution < 1.29 is 28.0 Å². The Morgan fingerprint density at radius 1 is 1.14 bits per heavy atom. The minimum Gasteiger partial charge on any atom is -0.315 e. The maximum absolute atomic E-state index is 14.0. The van der Waals surface area contributed by atoms with Crippen LogP contribution in [-0.2, 0) is 16.1 Å². The van der Waals surface area contributed by atoms with Crippen LogP contribution in [0, 0.1) is 0 Å². The number of imide groups is 2. The van der Waals surface area contributed by atoms with Gasteiger partial charge in [-0.25, -0.2) is 8.78 Å². The second kappa shape index (κ2) is 7.27. The van der Waals surface area contributed by atoms with Crippen LogP contribution in [0.3, 0.4) is 0 Å². The van der Waals surface area contributed by atoms with Crippen LogP contribution in [-0.4, -0.2) is 59.6 Å². The van der Waals surface area contributed by atoms with Crippen LogP contribution in [0.4, 0.5) is 8.78 Å². The van der Waals surface area contributed by atoms with Crippen molar-refractivity contribution in [1.82, 2.24) is 20.9 Å². The van der Waals surface area contributed by atoms with Crippen LogP contribution in [0.1, 0.15) is 45.5 Å². The molecule has 0 saturated carbocycles. The number of piperidine rings is 2. The number of hydrogen-bond acceptors (Lipinski definition) is 6. The average Bonchev–Trinajstić information content (AvgIpc) is 2.91. The fraction of sp³-hybridized carbons (Fsp3) is 0.474. The van der Waals surface area contributed by atoms with Gasteiger partial charge in [0.1, 0.15) is 6.04 Å². The molecule has 29 heavy (non-hydrogen) atoms. The first kappa shape index (κ1) is 19.6. The summed E-state index contributed by atoms with van der Waals surface area (Å²) in [4.78, 5) is 49.7. The zero-order chi connectivity index (χ0) is 20.8. The first-order chi connectivity index (χ1) is 13.8. The van der Waals surface area contributed by atoms with Crippen LogP contribution < -0.4 is 16.0 Å². The number of alkyl halides is 2. The van der Waals surface area contributed by atoms with Crippen LogP contribution in [0.5, 0.6) is 0 Å². The van der Waals surface area contributed by atoms with Crippen molar-refractivity contribution >= 4 is 23.6 Å². The Labute approximate surface area is 165 Å². The lowest BCUT2D eigenvalue weighted by atomic mass is 10.0. The summed E-state index contributed by atoms with van der Waals surface area (Å²) < 4.78 is 27.9. The highest BCUT2D eigenvalue weighted by molar-refractivity contribution is 6.23. The van der Waals surface area contributed by atoms with Crippen LogP contribution in [0.25, 0.3) is 0 Å². The summed E-state index contributed by atoms with van der Waals surface area (Å²) in [5, 5.41) is 7.87. The predicted octanol–water partition coefficient (Wildman–Crippen LogP) is 0.175. The van der Waals surface area contributed by atoms with Gasteiger partial charge in [0.25, 0.3) is 17.7 Å². The first-order valence-corrected chi connectivity index (χ1v) is 9.44.